The summed E-state index contributed by atoms with van der Waals surface area (Å²) in [5.41, 5.74) is 5.55. The van der Waals surface area contributed by atoms with Crippen LogP contribution < -0.4 is 11.1 Å². The van der Waals surface area contributed by atoms with E-state index in [1.807, 2.05) is 13.8 Å². The standard InChI is InChI=1S/C13H18BrF3N2/c1-8(2)12(6-18)19-7-9-3-4-11(14)10(5-9)13(15,16)17/h3-5,8,12,19H,6-7,18H2,1-2H3. The van der Waals surface area contributed by atoms with E-state index in [0.29, 0.717) is 24.6 Å². The summed E-state index contributed by atoms with van der Waals surface area (Å²) < 4.78 is 38.3. The lowest BCUT2D eigenvalue weighted by molar-refractivity contribution is -0.138. The first-order valence-electron chi connectivity index (χ1n) is 6.04. The Morgan fingerprint density at radius 3 is 2.42 bits per heavy atom. The Labute approximate surface area is 119 Å². The number of halogens is 4. The van der Waals surface area contributed by atoms with Crippen molar-refractivity contribution in [3.05, 3.63) is 33.8 Å². The number of alkyl halides is 3. The van der Waals surface area contributed by atoms with Gasteiger partial charge in [0.05, 0.1) is 5.56 Å². The van der Waals surface area contributed by atoms with Crippen LogP contribution >= 0.6 is 15.9 Å². The van der Waals surface area contributed by atoms with Crippen molar-refractivity contribution in [2.24, 2.45) is 11.7 Å². The predicted molar refractivity (Wildman–Crippen MR) is 73.7 cm³/mol. The fourth-order valence-corrected chi connectivity index (χ4v) is 2.21. The zero-order valence-corrected chi connectivity index (χ0v) is 12.5. The number of hydrogen-bond donors (Lipinski definition) is 2. The van der Waals surface area contributed by atoms with Crippen LogP contribution in [-0.2, 0) is 12.7 Å². The summed E-state index contributed by atoms with van der Waals surface area (Å²) in [5, 5.41) is 3.18. The van der Waals surface area contributed by atoms with E-state index in [1.165, 1.54) is 6.07 Å². The first-order chi connectivity index (χ1) is 8.75. The van der Waals surface area contributed by atoms with Crippen LogP contribution in [-0.4, -0.2) is 12.6 Å². The minimum atomic E-state index is -4.35. The Bertz CT molecular complexity index is 419. The van der Waals surface area contributed by atoms with Crippen molar-refractivity contribution in [2.75, 3.05) is 6.54 Å². The number of rotatable bonds is 5. The molecule has 6 heteroatoms. The molecular formula is C13H18BrF3N2. The average Bonchev–Trinajstić information content (AvgIpc) is 2.30. The number of nitrogens with two attached hydrogens (primary N) is 1. The molecule has 0 spiro atoms. The quantitative estimate of drug-likeness (QED) is 0.861. The van der Waals surface area contributed by atoms with E-state index >= 15 is 0 Å². The maximum absolute atomic E-state index is 12.8. The van der Waals surface area contributed by atoms with Crippen LogP contribution in [0.5, 0.6) is 0 Å². The van der Waals surface area contributed by atoms with Crippen LogP contribution in [0.2, 0.25) is 0 Å². The Morgan fingerprint density at radius 2 is 1.95 bits per heavy atom. The minimum Gasteiger partial charge on any atom is -0.329 e. The van der Waals surface area contributed by atoms with E-state index in [0.717, 1.165) is 6.07 Å². The van der Waals surface area contributed by atoms with Crippen LogP contribution in [0.25, 0.3) is 0 Å². The maximum atomic E-state index is 12.8. The van der Waals surface area contributed by atoms with E-state index in [1.54, 1.807) is 6.07 Å². The number of benzene rings is 1. The average molecular weight is 339 g/mol. The van der Waals surface area contributed by atoms with Gasteiger partial charge in [-0.15, -0.1) is 0 Å². The molecule has 0 aliphatic heterocycles. The second-order valence-electron chi connectivity index (χ2n) is 4.78. The highest BCUT2D eigenvalue weighted by Crippen LogP contribution is 2.35. The summed E-state index contributed by atoms with van der Waals surface area (Å²) in [7, 11) is 0. The van der Waals surface area contributed by atoms with E-state index in [-0.39, 0.29) is 10.5 Å². The van der Waals surface area contributed by atoms with Crippen molar-refractivity contribution in [3.8, 4) is 0 Å². The molecule has 0 aromatic heterocycles. The van der Waals surface area contributed by atoms with Gasteiger partial charge >= 0.3 is 6.18 Å². The molecule has 0 aliphatic carbocycles. The molecule has 108 valence electrons. The molecule has 0 heterocycles. The van der Waals surface area contributed by atoms with E-state index in [4.69, 9.17) is 5.73 Å². The molecule has 1 rings (SSSR count). The lowest BCUT2D eigenvalue weighted by Gasteiger charge is -2.21. The van der Waals surface area contributed by atoms with Crippen LogP contribution in [0.3, 0.4) is 0 Å². The summed E-state index contributed by atoms with van der Waals surface area (Å²) in [5.74, 6) is 0.336. The largest absolute Gasteiger partial charge is 0.417 e. The number of nitrogens with one attached hydrogen (secondary N) is 1. The van der Waals surface area contributed by atoms with Crippen LogP contribution in [0.1, 0.15) is 25.0 Å². The van der Waals surface area contributed by atoms with Crippen molar-refractivity contribution in [1.82, 2.24) is 5.32 Å². The summed E-state index contributed by atoms with van der Waals surface area (Å²) >= 11 is 2.92. The molecular weight excluding hydrogens is 321 g/mol. The van der Waals surface area contributed by atoms with Gasteiger partial charge in [0.15, 0.2) is 0 Å². The van der Waals surface area contributed by atoms with E-state index < -0.39 is 11.7 Å². The van der Waals surface area contributed by atoms with Crippen molar-refractivity contribution in [2.45, 2.75) is 32.6 Å². The van der Waals surface area contributed by atoms with Gasteiger partial charge in [-0.2, -0.15) is 13.2 Å². The molecule has 2 nitrogen and oxygen atoms in total. The van der Waals surface area contributed by atoms with E-state index in [2.05, 4.69) is 21.2 Å². The third-order valence-corrected chi connectivity index (χ3v) is 3.65. The topological polar surface area (TPSA) is 38.0 Å². The summed E-state index contributed by atoms with van der Waals surface area (Å²) in [4.78, 5) is 0. The first-order valence-corrected chi connectivity index (χ1v) is 6.84. The molecule has 0 saturated heterocycles. The van der Waals surface area contributed by atoms with Gasteiger partial charge in [0.1, 0.15) is 0 Å². The lowest BCUT2D eigenvalue weighted by Crippen LogP contribution is -2.39. The normalized spacial score (nSPS) is 13.9. The fourth-order valence-electron chi connectivity index (χ4n) is 1.74. The molecule has 1 atom stereocenters. The van der Waals surface area contributed by atoms with Crippen molar-refractivity contribution < 1.29 is 13.2 Å². The monoisotopic (exact) mass is 338 g/mol. The van der Waals surface area contributed by atoms with Crippen molar-refractivity contribution >= 4 is 15.9 Å². The van der Waals surface area contributed by atoms with Gasteiger partial charge in [-0.25, -0.2) is 0 Å². The molecule has 1 unspecified atom stereocenters. The molecule has 0 aliphatic rings. The Hall–Kier alpha value is -0.590. The Balaban J connectivity index is 2.81. The fraction of sp³-hybridized carbons (Fsp3) is 0.538. The third-order valence-electron chi connectivity index (χ3n) is 2.96. The van der Waals surface area contributed by atoms with Crippen molar-refractivity contribution in [3.63, 3.8) is 0 Å². The molecule has 0 fully saturated rings. The minimum absolute atomic E-state index is 0.0583. The maximum Gasteiger partial charge on any atom is 0.417 e. The van der Waals surface area contributed by atoms with Gasteiger partial charge in [-0.05, 0) is 23.6 Å². The molecule has 0 bridgehead atoms. The second-order valence-corrected chi connectivity index (χ2v) is 5.63. The SMILES string of the molecule is CC(C)C(CN)NCc1ccc(Br)c(C(F)(F)F)c1. The summed E-state index contributed by atoms with van der Waals surface area (Å²) in [6.07, 6.45) is -4.35. The van der Waals surface area contributed by atoms with E-state index in [9.17, 15) is 13.2 Å². The highest BCUT2D eigenvalue weighted by molar-refractivity contribution is 9.10. The van der Waals surface area contributed by atoms with Gasteiger partial charge in [0, 0.05) is 23.6 Å². The van der Waals surface area contributed by atoms with Gasteiger partial charge in [0.25, 0.3) is 0 Å². The second kappa shape index (κ2) is 6.72. The third kappa shape index (κ3) is 4.78. The van der Waals surface area contributed by atoms with Crippen LogP contribution in [0, 0.1) is 5.92 Å². The molecule has 0 amide bonds. The molecule has 0 saturated carbocycles. The zero-order valence-electron chi connectivity index (χ0n) is 10.9. The van der Waals surface area contributed by atoms with Gasteiger partial charge in [0.2, 0.25) is 0 Å². The molecule has 1 aromatic rings. The predicted octanol–water partition coefficient (Wildman–Crippen LogP) is 3.54. The van der Waals surface area contributed by atoms with Crippen LogP contribution in [0.4, 0.5) is 13.2 Å². The Morgan fingerprint density at radius 1 is 1.32 bits per heavy atom. The smallest absolute Gasteiger partial charge is 0.329 e. The molecule has 3 N–H and O–H groups in total. The van der Waals surface area contributed by atoms with Gasteiger partial charge in [-0.1, -0.05) is 35.8 Å². The zero-order chi connectivity index (χ0) is 14.6. The summed E-state index contributed by atoms with van der Waals surface area (Å²) in [6.45, 7) is 4.87. The molecule has 1 aromatic carbocycles. The van der Waals surface area contributed by atoms with Crippen molar-refractivity contribution in [1.29, 1.82) is 0 Å². The highest BCUT2D eigenvalue weighted by atomic mass is 79.9. The van der Waals surface area contributed by atoms with Gasteiger partial charge in [-0.3, -0.25) is 0 Å². The van der Waals surface area contributed by atoms with Crippen LogP contribution in [0.15, 0.2) is 22.7 Å². The summed E-state index contributed by atoms with van der Waals surface area (Å²) in [6, 6.07) is 4.34. The molecule has 0 radical (unpaired) electrons. The number of hydrogen-bond acceptors (Lipinski definition) is 2. The highest BCUT2D eigenvalue weighted by Gasteiger charge is 2.33. The molecule has 19 heavy (non-hydrogen) atoms. The van der Waals surface area contributed by atoms with Gasteiger partial charge < -0.3 is 11.1 Å². The first kappa shape index (κ1) is 16.5. The lowest BCUT2D eigenvalue weighted by atomic mass is 10.0. The Kier molecular flexibility index (Phi) is 5.82.